The van der Waals surface area contributed by atoms with E-state index in [2.05, 4.69) is 17.0 Å². The highest BCUT2D eigenvalue weighted by Crippen LogP contribution is 2.48. The topological polar surface area (TPSA) is 94.5 Å². The summed E-state index contributed by atoms with van der Waals surface area (Å²) in [6.45, 7) is 2.71. The molecular weight excluding hydrogens is 474 g/mol. The zero-order valence-corrected chi connectivity index (χ0v) is 21.5. The van der Waals surface area contributed by atoms with Crippen LogP contribution in [-0.4, -0.2) is 57.6 Å². The minimum atomic E-state index is -0.937. The Kier molecular flexibility index (Phi) is 7.44. The Labute approximate surface area is 217 Å². The van der Waals surface area contributed by atoms with Crippen molar-refractivity contribution in [2.45, 2.75) is 44.4 Å². The van der Waals surface area contributed by atoms with Crippen LogP contribution in [0.2, 0.25) is 0 Å². The van der Waals surface area contributed by atoms with Crippen LogP contribution in [0.1, 0.15) is 59.5 Å². The molecule has 1 saturated heterocycles. The van der Waals surface area contributed by atoms with E-state index in [9.17, 15) is 14.7 Å². The van der Waals surface area contributed by atoms with Gasteiger partial charge in [-0.3, -0.25) is 4.79 Å². The van der Waals surface area contributed by atoms with Gasteiger partial charge in [0.05, 0.1) is 45.1 Å². The molecule has 1 N–H and O–H groups in total. The summed E-state index contributed by atoms with van der Waals surface area (Å²) in [5.41, 5.74) is 3.28. The van der Waals surface area contributed by atoms with Gasteiger partial charge in [0.2, 0.25) is 0 Å². The van der Waals surface area contributed by atoms with Crippen molar-refractivity contribution in [1.29, 1.82) is 0 Å². The fourth-order valence-electron chi connectivity index (χ4n) is 5.56. The van der Waals surface area contributed by atoms with Gasteiger partial charge in [0.15, 0.2) is 11.5 Å². The van der Waals surface area contributed by atoms with Crippen molar-refractivity contribution in [2.24, 2.45) is 11.8 Å². The summed E-state index contributed by atoms with van der Waals surface area (Å²) < 4.78 is 22.6. The molecule has 37 heavy (non-hydrogen) atoms. The third-order valence-electron chi connectivity index (χ3n) is 7.87. The molecule has 2 aliphatic heterocycles. The number of piperidine rings is 1. The average Bonchev–Trinajstić information content (AvgIpc) is 3.65. The maximum atomic E-state index is 12.1. The predicted molar refractivity (Wildman–Crippen MR) is 138 cm³/mol. The highest BCUT2D eigenvalue weighted by molar-refractivity contribution is 5.95. The maximum absolute atomic E-state index is 12.1. The van der Waals surface area contributed by atoms with Crippen molar-refractivity contribution in [1.82, 2.24) is 0 Å². The van der Waals surface area contributed by atoms with Gasteiger partial charge >= 0.3 is 11.9 Å². The van der Waals surface area contributed by atoms with E-state index in [0.29, 0.717) is 42.9 Å². The highest BCUT2D eigenvalue weighted by atomic mass is 16.5. The van der Waals surface area contributed by atoms with Crippen LogP contribution in [0.3, 0.4) is 0 Å². The second-order valence-corrected chi connectivity index (χ2v) is 10.3. The SMILES string of the molecule is COC(=O)CC(c1cc2c(c(OCC3CCN(c4cc(OC)ccc4C(=O)O)CC3)c1)OCC2)C1CC1. The third kappa shape index (κ3) is 5.63. The number of esters is 1. The molecule has 0 radical (unpaired) electrons. The van der Waals surface area contributed by atoms with Crippen LogP contribution < -0.4 is 19.1 Å². The number of rotatable bonds is 10. The molecule has 2 aromatic rings. The summed E-state index contributed by atoms with van der Waals surface area (Å²) in [4.78, 5) is 26.0. The number of carboxylic acids is 1. The first-order chi connectivity index (χ1) is 18.0. The highest BCUT2D eigenvalue weighted by Gasteiger charge is 2.35. The van der Waals surface area contributed by atoms with Crippen molar-refractivity contribution >= 4 is 17.6 Å². The summed E-state index contributed by atoms with van der Waals surface area (Å²) in [7, 11) is 3.03. The maximum Gasteiger partial charge on any atom is 0.337 e. The lowest BCUT2D eigenvalue weighted by Crippen LogP contribution is -2.36. The molecule has 8 heteroatoms. The molecule has 1 aliphatic carbocycles. The number of methoxy groups -OCH3 is 2. The summed E-state index contributed by atoms with van der Waals surface area (Å²) in [5.74, 6) is 2.15. The molecule has 3 aliphatic rings. The third-order valence-corrected chi connectivity index (χ3v) is 7.87. The standard InChI is InChI=1S/C29H35NO7/c1-34-22-5-6-23(29(32)33)25(15-22)30-10-7-18(8-11-30)17-37-26-14-21(13-20-9-12-36-28(20)26)24(19-3-4-19)16-27(31)35-2/h5-6,13-15,18-19,24H,3-4,7-12,16-17H2,1-2H3,(H,32,33). The van der Waals surface area contributed by atoms with E-state index in [4.69, 9.17) is 18.9 Å². The lowest BCUT2D eigenvalue weighted by Gasteiger charge is -2.34. The Morgan fingerprint density at radius 2 is 1.89 bits per heavy atom. The number of carboxylic acid groups (broad SMARTS) is 1. The van der Waals surface area contributed by atoms with Crippen molar-refractivity contribution < 1.29 is 33.6 Å². The normalized spacial score (nSPS) is 18.1. The number of carbonyl (C=O) groups is 2. The Hall–Kier alpha value is -3.42. The molecule has 0 spiro atoms. The molecular formula is C29H35NO7. The fraction of sp³-hybridized carbons (Fsp3) is 0.517. The number of carbonyl (C=O) groups excluding carboxylic acids is 1. The van der Waals surface area contributed by atoms with E-state index in [1.54, 1.807) is 25.3 Å². The van der Waals surface area contributed by atoms with Crippen LogP contribution in [0.5, 0.6) is 17.2 Å². The molecule has 1 unspecified atom stereocenters. The first kappa shape index (κ1) is 25.2. The van der Waals surface area contributed by atoms with Gasteiger partial charge < -0.3 is 29.0 Å². The lowest BCUT2D eigenvalue weighted by atomic mass is 9.89. The number of hydrogen-bond donors (Lipinski definition) is 1. The molecule has 2 fully saturated rings. The second kappa shape index (κ2) is 10.9. The van der Waals surface area contributed by atoms with Gasteiger partial charge in [-0.2, -0.15) is 0 Å². The zero-order chi connectivity index (χ0) is 25.9. The number of aromatic carboxylic acids is 1. The van der Waals surface area contributed by atoms with Crippen molar-refractivity contribution in [3.8, 4) is 17.2 Å². The summed E-state index contributed by atoms with van der Waals surface area (Å²) in [5, 5.41) is 9.64. The van der Waals surface area contributed by atoms with Crippen molar-refractivity contribution in [2.75, 3.05) is 45.4 Å². The largest absolute Gasteiger partial charge is 0.497 e. The van der Waals surface area contributed by atoms with Crippen molar-refractivity contribution in [3.05, 3.63) is 47.0 Å². The molecule has 5 rings (SSSR count). The van der Waals surface area contributed by atoms with Gasteiger partial charge in [0.1, 0.15) is 5.75 Å². The monoisotopic (exact) mass is 509 g/mol. The average molecular weight is 510 g/mol. The predicted octanol–water partition coefficient (Wildman–Crippen LogP) is 4.68. The number of fused-ring (bicyclic) bond motifs is 1. The van der Waals surface area contributed by atoms with E-state index in [-0.39, 0.29) is 17.5 Å². The summed E-state index contributed by atoms with van der Waals surface area (Å²) >= 11 is 0. The lowest BCUT2D eigenvalue weighted by molar-refractivity contribution is -0.141. The van der Waals surface area contributed by atoms with Gasteiger partial charge in [-0.05, 0) is 67.2 Å². The first-order valence-corrected chi connectivity index (χ1v) is 13.1. The molecule has 8 nitrogen and oxygen atoms in total. The molecule has 0 bridgehead atoms. The van der Waals surface area contributed by atoms with E-state index in [1.807, 2.05) is 0 Å². The van der Waals surface area contributed by atoms with Crippen LogP contribution in [0.15, 0.2) is 30.3 Å². The van der Waals surface area contributed by atoms with Crippen LogP contribution >= 0.6 is 0 Å². The van der Waals surface area contributed by atoms with Crippen LogP contribution in [-0.2, 0) is 16.0 Å². The first-order valence-electron chi connectivity index (χ1n) is 13.1. The van der Waals surface area contributed by atoms with E-state index < -0.39 is 5.97 Å². The number of hydrogen-bond acceptors (Lipinski definition) is 7. The quantitative estimate of drug-likeness (QED) is 0.462. The van der Waals surface area contributed by atoms with Crippen molar-refractivity contribution in [3.63, 3.8) is 0 Å². The fourth-order valence-corrected chi connectivity index (χ4v) is 5.56. The van der Waals surface area contributed by atoms with Gasteiger partial charge in [0.25, 0.3) is 0 Å². The minimum absolute atomic E-state index is 0.148. The van der Waals surface area contributed by atoms with Gasteiger partial charge in [-0.1, -0.05) is 6.07 Å². The van der Waals surface area contributed by atoms with E-state index >= 15 is 0 Å². The number of benzene rings is 2. The molecule has 0 amide bonds. The van der Waals surface area contributed by atoms with E-state index in [0.717, 1.165) is 67.8 Å². The number of ether oxygens (including phenoxy) is 4. The molecule has 1 atom stereocenters. The molecule has 2 aromatic carbocycles. The molecule has 1 saturated carbocycles. The molecule has 0 aromatic heterocycles. The van der Waals surface area contributed by atoms with E-state index in [1.165, 1.54) is 7.11 Å². The smallest absolute Gasteiger partial charge is 0.337 e. The van der Waals surface area contributed by atoms with Gasteiger partial charge in [0, 0.05) is 31.1 Å². The summed E-state index contributed by atoms with van der Waals surface area (Å²) in [6, 6.07) is 9.35. The van der Waals surface area contributed by atoms with Crippen LogP contribution in [0, 0.1) is 11.8 Å². The Morgan fingerprint density at radius 1 is 1.11 bits per heavy atom. The number of nitrogens with zero attached hydrogens (tertiary/aromatic N) is 1. The Morgan fingerprint density at radius 3 is 2.57 bits per heavy atom. The van der Waals surface area contributed by atoms with Crippen LogP contribution in [0.25, 0.3) is 0 Å². The van der Waals surface area contributed by atoms with Gasteiger partial charge in [-0.15, -0.1) is 0 Å². The Bertz CT molecular complexity index is 1150. The second-order valence-electron chi connectivity index (χ2n) is 10.3. The Balaban J connectivity index is 1.26. The molecule has 2 heterocycles. The summed E-state index contributed by atoms with van der Waals surface area (Å²) in [6.07, 6.45) is 5.31. The van der Waals surface area contributed by atoms with Gasteiger partial charge in [-0.25, -0.2) is 4.79 Å². The number of anilines is 1. The minimum Gasteiger partial charge on any atom is -0.497 e. The zero-order valence-electron chi connectivity index (χ0n) is 21.5. The van der Waals surface area contributed by atoms with Crippen LogP contribution in [0.4, 0.5) is 5.69 Å². The molecule has 198 valence electrons.